The van der Waals surface area contributed by atoms with Crippen molar-refractivity contribution in [1.82, 2.24) is 4.90 Å². The van der Waals surface area contributed by atoms with E-state index in [4.69, 9.17) is 0 Å². The van der Waals surface area contributed by atoms with Crippen molar-refractivity contribution in [2.45, 2.75) is 39.2 Å². The van der Waals surface area contributed by atoms with Crippen molar-refractivity contribution in [1.29, 1.82) is 0 Å². The Hall–Kier alpha value is -1.65. The molecule has 1 N–H and O–H groups in total. The van der Waals surface area contributed by atoms with Crippen LogP contribution < -0.4 is 0 Å². The van der Waals surface area contributed by atoms with Crippen molar-refractivity contribution in [3.8, 4) is 0 Å². The summed E-state index contributed by atoms with van der Waals surface area (Å²) in [4.78, 5) is 35.6. The van der Waals surface area contributed by atoms with E-state index in [0.29, 0.717) is 0 Å². The van der Waals surface area contributed by atoms with Crippen LogP contribution >= 0.6 is 0 Å². The Bertz CT molecular complexity index is 379. The van der Waals surface area contributed by atoms with Gasteiger partial charge in [-0.25, -0.2) is 4.79 Å². The number of aliphatic carboxylic acids is 1. The third-order valence-electron chi connectivity index (χ3n) is 3.10. The summed E-state index contributed by atoms with van der Waals surface area (Å²) < 4.78 is 0. The summed E-state index contributed by atoms with van der Waals surface area (Å²) in [5.41, 5.74) is -1.12. The average molecular weight is 225 g/mol. The Morgan fingerprint density at radius 2 is 1.88 bits per heavy atom. The number of carbonyl (C=O) groups excluding carboxylic acids is 2. The van der Waals surface area contributed by atoms with Gasteiger partial charge in [0.15, 0.2) is 0 Å². The topological polar surface area (TPSA) is 74.7 Å². The van der Waals surface area contributed by atoms with Gasteiger partial charge in [0.05, 0.1) is 0 Å². The van der Waals surface area contributed by atoms with E-state index in [0.717, 1.165) is 4.90 Å². The van der Waals surface area contributed by atoms with E-state index >= 15 is 0 Å². The molecular weight excluding hydrogens is 210 g/mol. The van der Waals surface area contributed by atoms with Crippen molar-refractivity contribution in [3.63, 3.8) is 0 Å². The van der Waals surface area contributed by atoms with Gasteiger partial charge in [-0.3, -0.25) is 14.5 Å². The lowest BCUT2D eigenvalue weighted by Crippen LogP contribution is -2.56. The highest BCUT2D eigenvalue weighted by Gasteiger charge is 2.49. The fourth-order valence-corrected chi connectivity index (χ4v) is 1.96. The molecule has 0 bridgehead atoms. The van der Waals surface area contributed by atoms with Crippen LogP contribution in [0.4, 0.5) is 0 Å². The van der Waals surface area contributed by atoms with E-state index in [1.165, 1.54) is 13.0 Å². The Balaban J connectivity index is 3.22. The molecule has 0 aliphatic carbocycles. The molecule has 5 nitrogen and oxygen atoms in total. The first-order chi connectivity index (χ1) is 7.40. The standard InChI is InChI=1S/C11H15NO4/c1-4-11(5-2,10(15)16)12-8(13)6-7(3)9(12)14/h6H,4-5H2,1-3H3,(H,15,16). The predicted octanol–water partition coefficient (Wildman–Crippen LogP) is 0.945. The van der Waals surface area contributed by atoms with Crippen molar-refractivity contribution in [3.05, 3.63) is 11.6 Å². The summed E-state index contributed by atoms with van der Waals surface area (Å²) >= 11 is 0. The number of hydrogen-bond donors (Lipinski definition) is 1. The number of carboxylic acid groups (broad SMARTS) is 1. The molecule has 0 saturated carbocycles. The third-order valence-corrected chi connectivity index (χ3v) is 3.10. The van der Waals surface area contributed by atoms with Gasteiger partial charge in [0.1, 0.15) is 5.54 Å². The zero-order valence-corrected chi connectivity index (χ0v) is 9.61. The van der Waals surface area contributed by atoms with Crippen molar-refractivity contribution < 1.29 is 19.5 Å². The first-order valence-corrected chi connectivity index (χ1v) is 5.21. The Morgan fingerprint density at radius 1 is 1.38 bits per heavy atom. The fourth-order valence-electron chi connectivity index (χ4n) is 1.96. The quantitative estimate of drug-likeness (QED) is 0.723. The summed E-state index contributed by atoms with van der Waals surface area (Å²) in [6.07, 6.45) is 1.60. The van der Waals surface area contributed by atoms with Gasteiger partial charge in [0.2, 0.25) is 0 Å². The Kier molecular flexibility index (Phi) is 3.16. The number of rotatable bonds is 4. The number of hydrogen-bond acceptors (Lipinski definition) is 3. The molecule has 1 heterocycles. The number of carbonyl (C=O) groups is 3. The zero-order chi connectivity index (χ0) is 12.5. The van der Waals surface area contributed by atoms with Crippen LogP contribution in [0.25, 0.3) is 0 Å². The van der Waals surface area contributed by atoms with Crippen LogP contribution in [-0.4, -0.2) is 33.3 Å². The van der Waals surface area contributed by atoms with Crippen molar-refractivity contribution in [2.24, 2.45) is 0 Å². The highest BCUT2D eigenvalue weighted by Crippen LogP contribution is 2.29. The number of imide groups is 1. The SMILES string of the molecule is CCC(CC)(C(=O)O)N1C(=O)C=C(C)C1=O. The maximum atomic E-state index is 11.8. The predicted molar refractivity (Wildman–Crippen MR) is 56.6 cm³/mol. The molecule has 0 aromatic rings. The van der Waals surface area contributed by atoms with Gasteiger partial charge in [-0.15, -0.1) is 0 Å². The summed E-state index contributed by atoms with van der Waals surface area (Å²) in [5, 5.41) is 9.24. The Morgan fingerprint density at radius 3 is 2.12 bits per heavy atom. The van der Waals surface area contributed by atoms with E-state index in [1.54, 1.807) is 13.8 Å². The van der Waals surface area contributed by atoms with Crippen LogP contribution in [0.2, 0.25) is 0 Å². The molecule has 88 valence electrons. The molecule has 0 saturated heterocycles. The molecule has 1 rings (SSSR count). The molecular formula is C11H15NO4. The van der Waals surface area contributed by atoms with E-state index in [1.807, 2.05) is 0 Å². The average Bonchev–Trinajstić information content (AvgIpc) is 2.47. The molecule has 0 aromatic heterocycles. The molecule has 2 amide bonds. The summed E-state index contributed by atoms with van der Waals surface area (Å²) in [6, 6.07) is 0. The van der Waals surface area contributed by atoms with Gasteiger partial charge in [0, 0.05) is 11.6 Å². The second kappa shape index (κ2) is 4.08. The van der Waals surface area contributed by atoms with Crippen LogP contribution in [0.1, 0.15) is 33.6 Å². The lowest BCUT2D eigenvalue weighted by atomic mass is 9.90. The highest BCUT2D eigenvalue weighted by molar-refractivity contribution is 6.18. The van der Waals surface area contributed by atoms with E-state index < -0.39 is 23.3 Å². The molecule has 0 aromatic carbocycles. The molecule has 0 radical (unpaired) electrons. The summed E-state index contributed by atoms with van der Waals surface area (Å²) in [5.74, 6) is -2.17. The molecule has 0 atom stereocenters. The minimum atomic E-state index is -1.41. The number of nitrogens with zero attached hydrogens (tertiary/aromatic N) is 1. The van der Waals surface area contributed by atoms with Gasteiger partial charge >= 0.3 is 5.97 Å². The largest absolute Gasteiger partial charge is 0.479 e. The summed E-state index contributed by atoms with van der Waals surface area (Å²) in [6.45, 7) is 4.83. The second-order valence-corrected chi connectivity index (χ2v) is 3.85. The third kappa shape index (κ3) is 1.52. The van der Waals surface area contributed by atoms with Gasteiger partial charge in [-0.1, -0.05) is 13.8 Å². The lowest BCUT2D eigenvalue weighted by Gasteiger charge is -2.35. The van der Waals surface area contributed by atoms with Crippen LogP contribution in [0.5, 0.6) is 0 Å². The molecule has 0 spiro atoms. The van der Waals surface area contributed by atoms with Crippen LogP contribution in [0.3, 0.4) is 0 Å². The Labute approximate surface area is 93.7 Å². The van der Waals surface area contributed by atoms with Crippen molar-refractivity contribution >= 4 is 17.8 Å². The smallest absolute Gasteiger partial charge is 0.330 e. The molecule has 1 aliphatic heterocycles. The van der Waals surface area contributed by atoms with Gasteiger partial charge < -0.3 is 5.11 Å². The number of amides is 2. The highest BCUT2D eigenvalue weighted by atomic mass is 16.4. The van der Waals surface area contributed by atoms with E-state index in [2.05, 4.69) is 0 Å². The maximum absolute atomic E-state index is 11.8. The fraction of sp³-hybridized carbons (Fsp3) is 0.545. The monoisotopic (exact) mass is 225 g/mol. The van der Waals surface area contributed by atoms with Crippen LogP contribution in [-0.2, 0) is 14.4 Å². The molecule has 5 heteroatoms. The first kappa shape index (κ1) is 12.4. The lowest BCUT2D eigenvalue weighted by molar-refractivity contribution is -0.163. The zero-order valence-electron chi connectivity index (χ0n) is 9.61. The van der Waals surface area contributed by atoms with Gasteiger partial charge in [-0.2, -0.15) is 0 Å². The molecule has 0 fully saturated rings. The van der Waals surface area contributed by atoms with Crippen LogP contribution in [0.15, 0.2) is 11.6 Å². The molecule has 16 heavy (non-hydrogen) atoms. The normalized spacial score (nSPS) is 16.7. The minimum absolute atomic E-state index is 0.206. The number of carboxylic acids is 1. The van der Waals surface area contributed by atoms with Gasteiger partial charge in [-0.05, 0) is 19.8 Å². The first-order valence-electron chi connectivity index (χ1n) is 5.21. The van der Waals surface area contributed by atoms with Gasteiger partial charge in [0.25, 0.3) is 11.8 Å². The second-order valence-electron chi connectivity index (χ2n) is 3.85. The maximum Gasteiger partial charge on any atom is 0.330 e. The van der Waals surface area contributed by atoms with Crippen molar-refractivity contribution in [2.75, 3.05) is 0 Å². The molecule has 1 aliphatic rings. The van der Waals surface area contributed by atoms with Crippen LogP contribution in [0, 0.1) is 0 Å². The molecule has 0 unspecified atom stereocenters. The van der Waals surface area contributed by atoms with E-state index in [9.17, 15) is 19.5 Å². The minimum Gasteiger partial charge on any atom is -0.479 e. The summed E-state index contributed by atoms with van der Waals surface area (Å²) in [7, 11) is 0. The van der Waals surface area contributed by atoms with E-state index in [-0.39, 0.29) is 18.4 Å².